The van der Waals surface area contributed by atoms with Gasteiger partial charge in [0.1, 0.15) is 12.4 Å². The number of ether oxygens (including phenoxy) is 1. The molecule has 3 aromatic rings. The van der Waals surface area contributed by atoms with Crippen LogP contribution in [0.15, 0.2) is 54.9 Å². The number of fused-ring (bicyclic) bond motifs is 2. The monoisotopic (exact) mass is 488 g/mol. The molecule has 0 atom stereocenters. The molecule has 0 bridgehead atoms. The van der Waals surface area contributed by atoms with Gasteiger partial charge in [0.2, 0.25) is 5.91 Å². The lowest BCUT2D eigenvalue weighted by atomic mass is 9.75. The zero-order valence-electron chi connectivity index (χ0n) is 20.3. The summed E-state index contributed by atoms with van der Waals surface area (Å²) >= 11 is 0. The Morgan fingerprint density at radius 1 is 1.11 bits per heavy atom. The molecule has 1 saturated heterocycles. The summed E-state index contributed by atoms with van der Waals surface area (Å²) in [4.78, 5) is 46.9. The second-order valence-electron chi connectivity index (χ2n) is 9.31. The average Bonchev–Trinajstić information content (AvgIpc) is 3.23. The third-order valence-corrected chi connectivity index (χ3v) is 6.77. The van der Waals surface area contributed by atoms with E-state index >= 15 is 0 Å². The predicted octanol–water partition coefficient (Wildman–Crippen LogP) is 1.64. The number of pyridine rings is 1. The third kappa shape index (κ3) is 4.30. The van der Waals surface area contributed by atoms with Crippen LogP contribution in [0.4, 0.5) is 0 Å². The van der Waals surface area contributed by atoms with Crippen LogP contribution in [0.1, 0.15) is 27.1 Å². The van der Waals surface area contributed by atoms with Crippen LogP contribution in [-0.4, -0.2) is 82.1 Å². The maximum Gasteiger partial charge on any atom is 0.255 e. The van der Waals surface area contributed by atoms with E-state index in [4.69, 9.17) is 4.74 Å². The number of amides is 3. The number of hydrogen-bond donors (Lipinski definition) is 1. The van der Waals surface area contributed by atoms with Crippen LogP contribution in [0, 0.1) is 5.41 Å². The lowest BCUT2D eigenvalue weighted by Crippen LogP contribution is -2.64. The Balaban J connectivity index is 1.32. The first-order valence-electron chi connectivity index (χ1n) is 11.9. The lowest BCUT2D eigenvalue weighted by molar-refractivity contribution is -0.149. The van der Waals surface area contributed by atoms with E-state index in [2.05, 4.69) is 15.4 Å². The van der Waals surface area contributed by atoms with Crippen molar-refractivity contribution in [2.45, 2.75) is 6.42 Å². The molecule has 1 aromatic carbocycles. The van der Waals surface area contributed by atoms with Gasteiger partial charge in [0.05, 0.1) is 22.7 Å². The van der Waals surface area contributed by atoms with E-state index in [0.717, 1.165) is 5.39 Å². The molecule has 3 amide bonds. The summed E-state index contributed by atoms with van der Waals surface area (Å²) in [6.07, 6.45) is 7.48. The van der Waals surface area contributed by atoms with E-state index in [-0.39, 0.29) is 24.3 Å². The van der Waals surface area contributed by atoms with E-state index in [0.29, 0.717) is 55.1 Å². The number of para-hydroxylation sites is 1. The van der Waals surface area contributed by atoms with E-state index in [9.17, 15) is 14.4 Å². The molecule has 0 radical (unpaired) electrons. The molecule has 4 heterocycles. The Morgan fingerprint density at radius 3 is 2.75 bits per heavy atom. The molecule has 0 unspecified atom stereocenters. The van der Waals surface area contributed by atoms with Gasteiger partial charge in [0, 0.05) is 51.9 Å². The minimum atomic E-state index is -0.723. The number of allylic oxidation sites excluding steroid dienone is 1. The molecular weight excluding hydrogens is 460 g/mol. The second-order valence-corrected chi connectivity index (χ2v) is 9.31. The molecule has 0 aliphatic carbocycles. The minimum Gasteiger partial charge on any atom is -0.489 e. The fourth-order valence-corrected chi connectivity index (χ4v) is 4.76. The van der Waals surface area contributed by atoms with Crippen molar-refractivity contribution in [1.82, 2.24) is 29.9 Å². The molecule has 186 valence electrons. The number of likely N-dealkylation sites (N-methyl/N-ethyl adjacent to an activating group) is 1. The number of benzene rings is 1. The van der Waals surface area contributed by atoms with Crippen molar-refractivity contribution in [2.24, 2.45) is 12.5 Å². The highest BCUT2D eigenvalue weighted by molar-refractivity contribution is 5.99. The van der Waals surface area contributed by atoms with Crippen LogP contribution in [0.3, 0.4) is 0 Å². The predicted molar refractivity (Wildman–Crippen MR) is 133 cm³/mol. The normalized spacial score (nSPS) is 19.2. The SMILES string of the molecule is CN1CCNC(=O)c2ccccc2OC/C=C/CC2(CN(C(=O)c3cnc4c(cnn4C)c3)C2)C1=O. The van der Waals surface area contributed by atoms with E-state index in [1.807, 2.05) is 18.2 Å². The van der Waals surface area contributed by atoms with Crippen molar-refractivity contribution in [1.29, 1.82) is 0 Å². The van der Waals surface area contributed by atoms with Gasteiger partial charge in [-0.3, -0.25) is 19.1 Å². The largest absolute Gasteiger partial charge is 0.489 e. The highest BCUT2D eigenvalue weighted by atomic mass is 16.5. The summed E-state index contributed by atoms with van der Waals surface area (Å²) in [5, 5.41) is 7.83. The molecule has 10 nitrogen and oxygen atoms in total. The fourth-order valence-electron chi connectivity index (χ4n) is 4.76. The minimum absolute atomic E-state index is 0.0512. The Morgan fingerprint density at radius 2 is 1.92 bits per heavy atom. The maximum atomic E-state index is 13.5. The summed E-state index contributed by atoms with van der Waals surface area (Å²) in [6.45, 7) is 1.54. The maximum absolute atomic E-state index is 13.5. The first-order valence-corrected chi connectivity index (χ1v) is 11.9. The molecule has 2 aliphatic rings. The molecule has 1 N–H and O–H groups in total. The van der Waals surface area contributed by atoms with Crippen LogP contribution in [0.2, 0.25) is 0 Å². The zero-order valence-corrected chi connectivity index (χ0v) is 20.3. The Bertz CT molecular complexity index is 1360. The molecule has 1 fully saturated rings. The van der Waals surface area contributed by atoms with Crippen LogP contribution in [-0.2, 0) is 11.8 Å². The third-order valence-electron chi connectivity index (χ3n) is 6.77. The Labute approximate surface area is 208 Å². The van der Waals surface area contributed by atoms with Gasteiger partial charge < -0.3 is 19.9 Å². The first-order chi connectivity index (χ1) is 17.4. The van der Waals surface area contributed by atoms with Crippen LogP contribution < -0.4 is 10.1 Å². The van der Waals surface area contributed by atoms with Gasteiger partial charge >= 0.3 is 0 Å². The van der Waals surface area contributed by atoms with E-state index < -0.39 is 5.41 Å². The number of aryl methyl sites for hydroxylation is 1. The highest BCUT2D eigenvalue weighted by Gasteiger charge is 2.51. The molecule has 1 spiro atoms. The van der Waals surface area contributed by atoms with Crippen molar-refractivity contribution in [3.8, 4) is 5.75 Å². The fraction of sp³-hybridized carbons (Fsp3) is 0.346. The number of hydrogen-bond acceptors (Lipinski definition) is 6. The topological polar surface area (TPSA) is 110 Å². The van der Waals surface area contributed by atoms with E-state index in [1.54, 1.807) is 65.2 Å². The van der Waals surface area contributed by atoms with Gasteiger partial charge in [-0.15, -0.1) is 0 Å². The number of rotatable bonds is 1. The molecule has 10 heteroatoms. The first kappa shape index (κ1) is 23.5. The number of aromatic nitrogens is 3. The van der Waals surface area contributed by atoms with Crippen molar-refractivity contribution < 1.29 is 19.1 Å². The summed E-state index contributed by atoms with van der Waals surface area (Å²) in [5.41, 5.74) is 0.910. The van der Waals surface area contributed by atoms with Crippen molar-refractivity contribution in [2.75, 3.05) is 39.8 Å². The number of nitrogens with zero attached hydrogens (tertiary/aromatic N) is 5. The molecule has 2 aliphatic heterocycles. The molecule has 5 rings (SSSR count). The zero-order chi connectivity index (χ0) is 25.3. The van der Waals surface area contributed by atoms with Gasteiger partial charge in [-0.1, -0.05) is 24.3 Å². The molecule has 36 heavy (non-hydrogen) atoms. The number of nitrogens with one attached hydrogen (secondary N) is 1. The van der Waals surface area contributed by atoms with Crippen molar-refractivity contribution in [3.05, 3.63) is 66.0 Å². The van der Waals surface area contributed by atoms with Crippen molar-refractivity contribution in [3.63, 3.8) is 0 Å². The second kappa shape index (κ2) is 9.44. The molecule has 2 aromatic heterocycles. The van der Waals surface area contributed by atoms with Gasteiger partial charge in [-0.05, 0) is 24.6 Å². The van der Waals surface area contributed by atoms with Crippen LogP contribution in [0.5, 0.6) is 5.75 Å². The van der Waals surface area contributed by atoms with Gasteiger partial charge in [0.25, 0.3) is 11.8 Å². The molecular formula is C26H28N6O4. The summed E-state index contributed by atoms with van der Waals surface area (Å²) in [5.74, 6) is 0.0480. The Kier molecular flexibility index (Phi) is 6.17. The average molecular weight is 489 g/mol. The number of carbonyl (C=O) groups is 3. The van der Waals surface area contributed by atoms with E-state index in [1.165, 1.54) is 0 Å². The van der Waals surface area contributed by atoms with Gasteiger partial charge in [-0.2, -0.15) is 5.10 Å². The lowest BCUT2D eigenvalue weighted by Gasteiger charge is -2.50. The van der Waals surface area contributed by atoms with Gasteiger partial charge in [-0.25, -0.2) is 4.98 Å². The van der Waals surface area contributed by atoms with Crippen molar-refractivity contribution >= 4 is 28.8 Å². The van der Waals surface area contributed by atoms with Gasteiger partial charge in [0.15, 0.2) is 5.65 Å². The summed E-state index contributed by atoms with van der Waals surface area (Å²) < 4.78 is 7.46. The number of carbonyl (C=O) groups excluding carboxylic acids is 3. The number of likely N-dealkylation sites (tertiary alicyclic amines) is 1. The Hall–Kier alpha value is -4.21. The smallest absolute Gasteiger partial charge is 0.255 e. The highest BCUT2D eigenvalue weighted by Crippen LogP contribution is 2.37. The molecule has 0 saturated carbocycles. The summed E-state index contributed by atoms with van der Waals surface area (Å²) in [7, 11) is 3.53. The standard InChI is InChI=1S/C26H28N6O4/c1-30-11-10-27-23(33)20-7-3-4-8-21(20)36-12-6-5-9-26(25(30)35)16-32(17-26)24(34)19-13-18-15-29-31(2)22(18)28-14-19/h3-8,13-15H,9-12,16-17H2,1-2H3,(H,27,33)/b6-5+. The van der Waals surface area contributed by atoms with Crippen LogP contribution in [0.25, 0.3) is 11.0 Å². The van der Waals surface area contributed by atoms with Crippen LogP contribution >= 0.6 is 0 Å². The summed E-state index contributed by atoms with van der Waals surface area (Å²) in [6, 6.07) is 8.86. The quantitative estimate of drug-likeness (QED) is 0.522.